The number of likely N-dealkylation sites (tertiary alicyclic amines) is 1. The lowest BCUT2D eigenvalue weighted by Gasteiger charge is -2.33. The topological polar surface area (TPSA) is 98.0 Å². The van der Waals surface area contributed by atoms with Crippen molar-refractivity contribution in [3.05, 3.63) is 67.8 Å². The van der Waals surface area contributed by atoms with Crippen LogP contribution in [0.15, 0.2) is 34.6 Å². The molecule has 5 heterocycles. The van der Waals surface area contributed by atoms with Crippen molar-refractivity contribution in [3.63, 3.8) is 0 Å². The second-order valence-corrected chi connectivity index (χ2v) is 9.01. The molecule has 5 rings (SSSR count). The molecular formula is C21H24N6O2S. The number of hydrogen-bond acceptors (Lipinski definition) is 6. The Labute approximate surface area is 178 Å². The van der Waals surface area contributed by atoms with Crippen molar-refractivity contribution in [2.75, 3.05) is 19.6 Å². The zero-order chi connectivity index (χ0) is 20.5. The Morgan fingerprint density at radius 1 is 1.30 bits per heavy atom. The van der Waals surface area contributed by atoms with E-state index in [-0.39, 0.29) is 17.4 Å². The van der Waals surface area contributed by atoms with E-state index in [4.69, 9.17) is 4.98 Å². The number of carbonyl (C=O) groups excluding carboxylic acids is 1. The molecule has 1 fully saturated rings. The first kappa shape index (κ1) is 19.2. The van der Waals surface area contributed by atoms with Crippen LogP contribution >= 0.6 is 11.3 Å². The first-order valence-electron chi connectivity index (χ1n) is 10.3. The third kappa shape index (κ3) is 3.82. The van der Waals surface area contributed by atoms with Crippen LogP contribution in [-0.4, -0.2) is 55.5 Å². The van der Waals surface area contributed by atoms with Crippen LogP contribution in [0.4, 0.5) is 0 Å². The normalized spacial score (nSPS) is 19.6. The predicted octanol–water partition coefficient (Wildman–Crippen LogP) is 2.13. The summed E-state index contributed by atoms with van der Waals surface area (Å²) in [4.78, 5) is 38.8. The second kappa shape index (κ2) is 8.16. The molecule has 0 aliphatic carbocycles. The third-order valence-electron chi connectivity index (χ3n) is 5.95. The van der Waals surface area contributed by atoms with Gasteiger partial charge in [-0.25, -0.2) is 4.98 Å². The lowest BCUT2D eigenvalue weighted by atomic mass is 9.96. The number of piperidine rings is 1. The van der Waals surface area contributed by atoms with E-state index >= 15 is 0 Å². The highest BCUT2D eigenvalue weighted by Crippen LogP contribution is 2.26. The molecule has 3 aromatic heterocycles. The Balaban J connectivity index is 1.32. The Bertz CT molecular complexity index is 1080. The minimum atomic E-state index is -0.0540. The van der Waals surface area contributed by atoms with E-state index in [1.807, 2.05) is 4.90 Å². The van der Waals surface area contributed by atoms with Gasteiger partial charge in [-0.2, -0.15) is 5.10 Å². The summed E-state index contributed by atoms with van der Waals surface area (Å²) in [5.74, 6) is 0.710. The van der Waals surface area contributed by atoms with Gasteiger partial charge < -0.3 is 9.88 Å². The van der Waals surface area contributed by atoms with Gasteiger partial charge in [0.05, 0.1) is 11.3 Å². The number of aromatic nitrogens is 4. The van der Waals surface area contributed by atoms with Crippen LogP contribution in [-0.2, 0) is 19.5 Å². The number of rotatable bonds is 4. The van der Waals surface area contributed by atoms with Crippen LogP contribution in [0.1, 0.15) is 51.2 Å². The summed E-state index contributed by atoms with van der Waals surface area (Å²) in [5, 5.41) is 8.69. The van der Waals surface area contributed by atoms with Crippen molar-refractivity contribution in [3.8, 4) is 0 Å². The maximum Gasteiger partial charge on any atom is 0.271 e. The second-order valence-electron chi connectivity index (χ2n) is 7.98. The molecule has 2 aliphatic heterocycles. The summed E-state index contributed by atoms with van der Waals surface area (Å²) in [5.41, 5.74) is 2.15. The molecule has 0 aromatic carbocycles. The third-order valence-corrected chi connectivity index (χ3v) is 6.81. The number of nitrogens with one attached hydrogen (secondary N) is 2. The largest absolute Gasteiger partial charge is 0.337 e. The summed E-state index contributed by atoms with van der Waals surface area (Å²) in [6.07, 6.45) is 4.17. The first-order chi connectivity index (χ1) is 14.7. The molecule has 1 atom stereocenters. The minimum Gasteiger partial charge on any atom is -0.337 e. The van der Waals surface area contributed by atoms with Crippen molar-refractivity contribution in [2.45, 2.75) is 38.3 Å². The molecule has 3 aromatic rings. The van der Waals surface area contributed by atoms with Crippen LogP contribution in [0.5, 0.6) is 0 Å². The number of aromatic amines is 2. The van der Waals surface area contributed by atoms with Gasteiger partial charge in [0.1, 0.15) is 11.5 Å². The molecule has 1 saturated heterocycles. The molecular weight excluding hydrogens is 400 g/mol. The van der Waals surface area contributed by atoms with Gasteiger partial charge in [-0.05, 0) is 30.4 Å². The van der Waals surface area contributed by atoms with Crippen molar-refractivity contribution >= 4 is 17.2 Å². The van der Waals surface area contributed by atoms with Gasteiger partial charge in [-0.3, -0.25) is 19.6 Å². The molecule has 0 spiro atoms. The Morgan fingerprint density at radius 2 is 2.23 bits per heavy atom. The molecule has 0 bridgehead atoms. The van der Waals surface area contributed by atoms with Gasteiger partial charge in [-0.15, -0.1) is 11.3 Å². The number of carbonyl (C=O) groups is 1. The Morgan fingerprint density at radius 3 is 3.03 bits per heavy atom. The van der Waals surface area contributed by atoms with Crippen LogP contribution in [0, 0.1) is 0 Å². The van der Waals surface area contributed by atoms with Crippen molar-refractivity contribution in [2.24, 2.45) is 0 Å². The SMILES string of the molecule is O=C(c1ccn[nH]1)N1CCC[C@@H](c2nc3c(c(=O)[nH]2)CN(Cc2cccs2)CC3)C1. The maximum absolute atomic E-state index is 12.9. The molecule has 0 saturated carbocycles. The van der Waals surface area contributed by atoms with Gasteiger partial charge in [0.2, 0.25) is 0 Å². The van der Waals surface area contributed by atoms with Gasteiger partial charge in [0.15, 0.2) is 0 Å². The number of nitrogens with zero attached hydrogens (tertiary/aromatic N) is 4. The van der Waals surface area contributed by atoms with E-state index in [0.717, 1.165) is 43.6 Å². The predicted molar refractivity (Wildman–Crippen MR) is 113 cm³/mol. The van der Waals surface area contributed by atoms with Gasteiger partial charge in [0.25, 0.3) is 11.5 Å². The highest BCUT2D eigenvalue weighted by atomic mass is 32.1. The zero-order valence-electron chi connectivity index (χ0n) is 16.6. The molecule has 156 valence electrons. The number of H-pyrrole nitrogens is 2. The molecule has 1 amide bonds. The number of hydrogen-bond donors (Lipinski definition) is 2. The van der Waals surface area contributed by atoms with E-state index in [2.05, 4.69) is 37.6 Å². The smallest absolute Gasteiger partial charge is 0.271 e. The van der Waals surface area contributed by atoms with Crippen molar-refractivity contribution < 1.29 is 4.79 Å². The standard InChI is InChI=1S/C21H24N6O2S/c28-20-16-13-26(12-15-4-2-10-30-15)9-6-17(16)23-19(24-20)14-3-1-8-27(11-14)21(29)18-5-7-22-25-18/h2,4-5,7,10,14H,1,3,6,8-9,11-13H2,(H,22,25)(H,23,24,28)/t14-/m1/s1. The fraction of sp³-hybridized carbons (Fsp3) is 0.429. The van der Waals surface area contributed by atoms with E-state index in [1.165, 1.54) is 4.88 Å². The summed E-state index contributed by atoms with van der Waals surface area (Å²) in [7, 11) is 0. The first-order valence-corrected chi connectivity index (χ1v) is 11.2. The van der Waals surface area contributed by atoms with Crippen molar-refractivity contribution in [1.82, 2.24) is 30.0 Å². The van der Waals surface area contributed by atoms with Crippen LogP contribution in [0.2, 0.25) is 0 Å². The van der Waals surface area contributed by atoms with Crippen molar-refractivity contribution in [1.29, 1.82) is 0 Å². The average Bonchev–Trinajstić information content (AvgIpc) is 3.48. The van der Waals surface area contributed by atoms with E-state index in [1.54, 1.807) is 23.6 Å². The monoisotopic (exact) mass is 424 g/mol. The fourth-order valence-corrected chi connectivity index (χ4v) is 5.13. The average molecular weight is 425 g/mol. The summed E-state index contributed by atoms with van der Waals surface area (Å²) in [6, 6.07) is 5.88. The molecule has 2 aliphatic rings. The number of amides is 1. The summed E-state index contributed by atoms with van der Waals surface area (Å²) in [6.45, 7) is 3.66. The summed E-state index contributed by atoms with van der Waals surface area (Å²) >= 11 is 1.74. The number of fused-ring (bicyclic) bond motifs is 1. The molecule has 0 unspecified atom stereocenters. The highest BCUT2D eigenvalue weighted by molar-refractivity contribution is 7.09. The lowest BCUT2D eigenvalue weighted by Crippen LogP contribution is -2.41. The van der Waals surface area contributed by atoms with Crippen LogP contribution in [0.3, 0.4) is 0 Å². The van der Waals surface area contributed by atoms with Gasteiger partial charge in [-0.1, -0.05) is 6.07 Å². The van der Waals surface area contributed by atoms with Crippen LogP contribution < -0.4 is 5.56 Å². The molecule has 8 nitrogen and oxygen atoms in total. The van der Waals surface area contributed by atoms with E-state index in [0.29, 0.717) is 31.2 Å². The zero-order valence-corrected chi connectivity index (χ0v) is 17.5. The quantitative estimate of drug-likeness (QED) is 0.669. The summed E-state index contributed by atoms with van der Waals surface area (Å²) < 4.78 is 0. The van der Waals surface area contributed by atoms with E-state index in [9.17, 15) is 9.59 Å². The maximum atomic E-state index is 12.9. The highest BCUT2D eigenvalue weighted by Gasteiger charge is 2.29. The number of thiophene rings is 1. The van der Waals surface area contributed by atoms with Gasteiger partial charge >= 0.3 is 0 Å². The molecule has 2 N–H and O–H groups in total. The molecule has 0 radical (unpaired) electrons. The van der Waals surface area contributed by atoms with E-state index < -0.39 is 0 Å². The lowest BCUT2D eigenvalue weighted by molar-refractivity contribution is 0.0698. The molecule has 9 heteroatoms. The Kier molecular flexibility index (Phi) is 5.22. The van der Waals surface area contributed by atoms with Gasteiger partial charge in [0, 0.05) is 56.1 Å². The van der Waals surface area contributed by atoms with Crippen LogP contribution in [0.25, 0.3) is 0 Å². The fourth-order valence-electron chi connectivity index (χ4n) is 4.38. The molecule has 30 heavy (non-hydrogen) atoms. The Hall–Kier alpha value is -2.78. The minimum absolute atomic E-state index is 0.0390.